The molecule has 2 atom stereocenters. The van der Waals surface area contributed by atoms with Gasteiger partial charge in [-0.3, -0.25) is 4.98 Å². The fourth-order valence-corrected chi connectivity index (χ4v) is 2.91. The Kier molecular flexibility index (Phi) is 4.01. The van der Waals surface area contributed by atoms with Crippen LogP contribution < -0.4 is 5.73 Å². The molecule has 1 aliphatic heterocycles. The van der Waals surface area contributed by atoms with Gasteiger partial charge in [-0.2, -0.15) is 0 Å². The van der Waals surface area contributed by atoms with Crippen LogP contribution in [0.15, 0.2) is 42.7 Å². The van der Waals surface area contributed by atoms with Crippen LogP contribution in [0.25, 0.3) is 0 Å². The molecule has 4 heteroatoms. The van der Waals surface area contributed by atoms with E-state index >= 15 is 0 Å². The van der Waals surface area contributed by atoms with Crippen LogP contribution >= 0.6 is 11.6 Å². The molecule has 0 radical (unpaired) electrons. The van der Waals surface area contributed by atoms with Gasteiger partial charge >= 0.3 is 0 Å². The van der Waals surface area contributed by atoms with E-state index in [9.17, 15) is 0 Å². The molecule has 104 valence electrons. The Hall–Kier alpha value is -1.42. The number of hydrogen-bond acceptors (Lipinski definition) is 3. The van der Waals surface area contributed by atoms with Crippen molar-refractivity contribution in [3.8, 4) is 0 Å². The lowest BCUT2D eigenvalue weighted by Crippen LogP contribution is -2.35. The monoisotopic (exact) mass is 288 g/mol. The summed E-state index contributed by atoms with van der Waals surface area (Å²) in [6.07, 6.45) is 4.96. The van der Waals surface area contributed by atoms with E-state index in [1.165, 1.54) is 11.1 Å². The van der Waals surface area contributed by atoms with Crippen LogP contribution in [0.2, 0.25) is 5.02 Å². The van der Waals surface area contributed by atoms with Gasteiger partial charge in [-0.1, -0.05) is 35.9 Å². The smallest absolute Gasteiger partial charge is 0.0981 e. The Morgan fingerprint density at radius 2 is 2.20 bits per heavy atom. The standard InChI is InChI=1S/C16H17ClN2O/c17-14-10-19-7-5-12(14)9-15(18)16-13-4-2-1-3-11(13)6-8-20-16/h1-5,7,10,15-16H,6,8-9,18H2. The van der Waals surface area contributed by atoms with Crippen molar-refractivity contribution < 1.29 is 4.74 Å². The van der Waals surface area contributed by atoms with Gasteiger partial charge < -0.3 is 10.5 Å². The Morgan fingerprint density at radius 1 is 1.35 bits per heavy atom. The molecular formula is C16H17ClN2O. The quantitative estimate of drug-likeness (QED) is 0.945. The van der Waals surface area contributed by atoms with E-state index in [0.29, 0.717) is 11.4 Å². The van der Waals surface area contributed by atoms with E-state index in [1.54, 1.807) is 12.4 Å². The summed E-state index contributed by atoms with van der Waals surface area (Å²) in [6.45, 7) is 0.722. The van der Waals surface area contributed by atoms with Gasteiger partial charge in [0.2, 0.25) is 0 Å². The number of pyridine rings is 1. The molecule has 2 aromatic rings. The molecule has 2 N–H and O–H groups in total. The summed E-state index contributed by atoms with van der Waals surface area (Å²) < 4.78 is 5.89. The molecule has 1 aliphatic rings. The Labute approximate surface area is 123 Å². The maximum absolute atomic E-state index is 6.36. The van der Waals surface area contributed by atoms with E-state index < -0.39 is 0 Å². The van der Waals surface area contributed by atoms with Crippen molar-refractivity contribution >= 4 is 11.6 Å². The topological polar surface area (TPSA) is 48.1 Å². The molecule has 2 unspecified atom stereocenters. The van der Waals surface area contributed by atoms with Gasteiger partial charge in [0, 0.05) is 18.4 Å². The zero-order valence-corrected chi connectivity index (χ0v) is 11.9. The second-order valence-corrected chi connectivity index (χ2v) is 5.48. The van der Waals surface area contributed by atoms with Crippen molar-refractivity contribution in [2.75, 3.05) is 6.61 Å². The van der Waals surface area contributed by atoms with Crippen LogP contribution in [0, 0.1) is 0 Å². The predicted octanol–water partition coefficient (Wildman–Crippen LogP) is 2.92. The van der Waals surface area contributed by atoms with E-state index in [0.717, 1.165) is 18.6 Å². The summed E-state index contributed by atoms with van der Waals surface area (Å²) in [5.74, 6) is 0. The van der Waals surface area contributed by atoms with Gasteiger partial charge in [0.1, 0.15) is 0 Å². The highest BCUT2D eigenvalue weighted by atomic mass is 35.5. The Balaban J connectivity index is 1.82. The fourth-order valence-electron chi connectivity index (χ4n) is 2.71. The first-order valence-electron chi connectivity index (χ1n) is 6.79. The number of hydrogen-bond donors (Lipinski definition) is 1. The van der Waals surface area contributed by atoms with Gasteiger partial charge in [0.15, 0.2) is 0 Å². The summed E-state index contributed by atoms with van der Waals surface area (Å²) >= 11 is 6.15. The van der Waals surface area contributed by atoms with Crippen molar-refractivity contribution in [1.29, 1.82) is 0 Å². The molecule has 0 spiro atoms. The van der Waals surface area contributed by atoms with Crippen LogP contribution in [0.3, 0.4) is 0 Å². The molecule has 3 nitrogen and oxygen atoms in total. The first kappa shape index (κ1) is 13.6. The maximum Gasteiger partial charge on any atom is 0.0981 e. The van der Waals surface area contributed by atoms with Crippen molar-refractivity contribution in [2.24, 2.45) is 5.73 Å². The molecule has 1 aromatic heterocycles. The molecule has 1 aromatic carbocycles. The second kappa shape index (κ2) is 5.92. The molecule has 0 saturated carbocycles. The number of nitrogens with zero attached hydrogens (tertiary/aromatic N) is 1. The highest BCUT2D eigenvalue weighted by Gasteiger charge is 2.26. The Morgan fingerprint density at radius 3 is 3.05 bits per heavy atom. The van der Waals surface area contributed by atoms with Gasteiger partial charge in [-0.15, -0.1) is 0 Å². The van der Waals surface area contributed by atoms with Crippen molar-refractivity contribution in [1.82, 2.24) is 4.98 Å². The molecule has 3 rings (SSSR count). The van der Waals surface area contributed by atoms with E-state index in [-0.39, 0.29) is 12.1 Å². The molecule has 0 amide bonds. The molecule has 2 heterocycles. The average Bonchev–Trinajstić information content (AvgIpc) is 2.49. The number of benzene rings is 1. The molecule has 0 bridgehead atoms. The van der Waals surface area contributed by atoms with E-state index in [2.05, 4.69) is 23.2 Å². The SMILES string of the molecule is NC(Cc1ccncc1Cl)C1OCCc2ccccc21. The lowest BCUT2D eigenvalue weighted by atomic mass is 9.91. The highest BCUT2D eigenvalue weighted by molar-refractivity contribution is 6.31. The number of rotatable bonds is 3. The third kappa shape index (κ3) is 2.70. The average molecular weight is 289 g/mol. The normalized spacial score (nSPS) is 19.4. The number of halogens is 1. The summed E-state index contributed by atoms with van der Waals surface area (Å²) in [5.41, 5.74) is 9.91. The van der Waals surface area contributed by atoms with Crippen LogP contribution in [-0.2, 0) is 17.6 Å². The zero-order chi connectivity index (χ0) is 13.9. The Bertz CT molecular complexity index is 603. The largest absolute Gasteiger partial charge is 0.372 e. The minimum atomic E-state index is -0.114. The predicted molar refractivity (Wildman–Crippen MR) is 79.8 cm³/mol. The number of nitrogens with two attached hydrogens (primary N) is 1. The summed E-state index contributed by atoms with van der Waals surface area (Å²) in [4.78, 5) is 4.00. The third-order valence-corrected chi connectivity index (χ3v) is 4.07. The third-order valence-electron chi connectivity index (χ3n) is 3.73. The van der Waals surface area contributed by atoms with Crippen LogP contribution in [0.1, 0.15) is 22.8 Å². The lowest BCUT2D eigenvalue weighted by molar-refractivity contribution is 0.0246. The minimum absolute atomic E-state index is 0.0656. The first-order chi connectivity index (χ1) is 9.75. The van der Waals surface area contributed by atoms with Crippen LogP contribution in [0.4, 0.5) is 0 Å². The fraction of sp³-hybridized carbons (Fsp3) is 0.312. The van der Waals surface area contributed by atoms with Gasteiger partial charge in [-0.25, -0.2) is 0 Å². The highest BCUT2D eigenvalue weighted by Crippen LogP contribution is 2.30. The van der Waals surface area contributed by atoms with Gasteiger partial charge in [-0.05, 0) is 35.6 Å². The second-order valence-electron chi connectivity index (χ2n) is 5.08. The van der Waals surface area contributed by atoms with E-state index in [1.807, 2.05) is 12.1 Å². The van der Waals surface area contributed by atoms with E-state index in [4.69, 9.17) is 22.1 Å². The summed E-state index contributed by atoms with van der Waals surface area (Å²) in [7, 11) is 0. The van der Waals surface area contributed by atoms with Crippen molar-refractivity contribution in [3.63, 3.8) is 0 Å². The van der Waals surface area contributed by atoms with Crippen LogP contribution in [-0.4, -0.2) is 17.6 Å². The molecular weight excluding hydrogens is 272 g/mol. The molecule has 0 saturated heterocycles. The summed E-state index contributed by atoms with van der Waals surface area (Å²) in [5, 5.41) is 0.659. The van der Waals surface area contributed by atoms with Crippen molar-refractivity contribution in [2.45, 2.75) is 25.0 Å². The first-order valence-corrected chi connectivity index (χ1v) is 7.17. The van der Waals surface area contributed by atoms with Crippen LogP contribution in [0.5, 0.6) is 0 Å². The number of fused-ring (bicyclic) bond motifs is 1. The zero-order valence-electron chi connectivity index (χ0n) is 11.1. The van der Waals surface area contributed by atoms with Crippen molar-refractivity contribution in [3.05, 3.63) is 64.4 Å². The molecule has 0 fully saturated rings. The summed E-state index contributed by atoms with van der Waals surface area (Å²) in [6, 6.07) is 10.1. The number of aromatic nitrogens is 1. The lowest BCUT2D eigenvalue weighted by Gasteiger charge is -2.30. The van der Waals surface area contributed by atoms with Gasteiger partial charge in [0.25, 0.3) is 0 Å². The van der Waals surface area contributed by atoms with Gasteiger partial charge in [0.05, 0.1) is 17.7 Å². The minimum Gasteiger partial charge on any atom is -0.372 e. The maximum atomic E-state index is 6.36. The number of ether oxygens (including phenoxy) is 1. The molecule has 20 heavy (non-hydrogen) atoms. The molecule has 0 aliphatic carbocycles.